The number of imide groups is 1. The molecule has 1 aliphatic rings. The Bertz CT molecular complexity index is 485. The van der Waals surface area contributed by atoms with Gasteiger partial charge < -0.3 is 5.32 Å². The summed E-state index contributed by atoms with van der Waals surface area (Å²) in [7, 11) is 0. The number of amides is 3. The molecule has 0 atom stereocenters. The number of hydrogen-bond donors (Lipinski definition) is 1. The molecule has 0 saturated carbocycles. The third-order valence-electron chi connectivity index (χ3n) is 2.41. The first-order chi connectivity index (χ1) is 8.09. The standard InChI is InChI=1S/C11H9ClN2O3/c12-8-4-2-1-3-7(8)9(15)6-14-10(16)5-13-11(14)17/h1-4H,5-6H2,(H,13,17). The second-order valence-corrected chi connectivity index (χ2v) is 3.95. The maximum atomic E-state index is 11.9. The fourth-order valence-electron chi connectivity index (χ4n) is 1.53. The van der Waals surface area contributed by atoms with Crippen LogP contribution in [0.4, 0.5) is 4.79 Å². The summed E-state index contributed by atoms with van der Waals surface area (Å²) >= 11 is 5.85. The molecule has 17 heavy (non-hydrogen) atoms. The summed E-state index contributed by atoms with van der Waals surface area (Å²) in [6, 6.07) is 5.97. The quantitative estimate of drug-likeness (QED) is 0.647. The topological polar surface area (TPSA) is 66.5 Å². The number of rotatable bonds is 3. The largest absolute Gasteiger partial charge is 0.329 e. The molecule has 0 aromatic heterocycles. The van der Waals surface area contributed by atoms with Crippen molar-refractivity contribution in [1.82, 2.24) is 10.2 Å². The molecular formula is C11H9ClN2O3. The fraction of sp³-hybridized carbons (Fsp3) is 0.182. The molecule has 5 nitrogen and oxygen atoms in total. The molecule has 1 fully saturated rings. The van der Waals surface area contributed by atoms with E-state index >= 15 is 0 Å². The van der Waals surface area contributed by atoms with Crippen molar-refractivity contribution in [2.45, 2.75) is 0 Å². The number of ketones is 1. The van der Waals surface area contributed by atoms with Crippen molar-refractivity contribution in [3.8, 4) is 0 Å². The minimum absolute atomic E-state index is 0.0609. The van der Waals surface area contributed by atoms with Crippen LogP contribution in [0, 0.1) is 0 Å². The smallest absolute Gasteiger partial charge is 0.325 e. The Morgan fingerprint density at radius 3 is 2.65 bits per heavy atom. The Morgan fingerprint density at radius 2 is 2.06 bits per heavy atom. The molecule has 2 rings (SSSR count). The highest BCUT2D eigenvalue weighted by molar-refractivity contribution is 6.34. The van der Waals surface area contributed by atoms with Gasteiger partial charge in [-0.2, -0.15) is 0 Å². The Hall–Kier alpha value is -1.88. The number of Topliss-reactive ketones (excluding diaryl/α,β-unsaturated/α-hetero) is 1. The van der Waals surface area contributed by atoms with Gasteiger partial charge in [0, 0.05) is 5.56 Å². The van der Waals surface area contributed by atoms with Crippen LogP contribution in [0.1, 0.15) is 10.4 Å². The van der Waals surface area contributed by atoms with E-state index in [2.05, 4.69) is 5.32 Å². The summed E-state index contributed by atoms with van der Waals surface area (Å²) in [5.41, 5.74) is 0.307. The molecule has 1 saturated heterocycles. The molecular weight excluding hydrogens is 244 g/mol. The van der Waals surface area contributed by atoms with Crippen LogP contribution in [0.2, 0.25) is 5.02 Å². The molecule has 0 spiro atoms. The molecule has 1 aromatic carbocycles. The molecule has 1 N–H and O–H groups in total. The van der Waals surface area contributed by atoms with Crippen LogP contribution in [-0.2, 0) is 4.79 Å². The predicted octanol–water partition coefficient (Wildman–Crippen LogP) is 1.07. The van der Waals surface area contributed by atoms with Gasteiger partial charge >= 0.3 is 6.03 Å². The number of benzene rings is 1. The summed E-state index contributed by atoms with van der Waals surface area (Å²) in [6.07, 6.45) is 0. The first-order valence-electron chi connectivity index (χ1n) is 4.95. The second kappa shape index (κ2) is 4.55. The average Bonchev–Trinajstić information content (AvgIpc) is 2.61. The Kier molecular flexibility index (Phi) is 3.10. The fourth-order valence-corrected chi connectivity index (χ4v) is 1.77. The lowest BCUT2D eigenvalue weighted by atomic mass is 10.1. The molecule has 0 bridgehead atoms. The van der Waals surface area contributed by atoms with Gasteiger partial charge in [0.05, 0.1) is 18.1 Å². The van der Waals surface area contributed by atoms with Crippen LogP contribution in [0.5, 0.6) is 0 Å². The third kappa shape index (κ3) is 2.29. The molecule has 0 radical (unpaired) electrons. The molecule has 0 aliphatic carbocycles. The van der Waals surface area contributed by atoms with Gasteiger partial charge in [0.25, 0.3) is 0 Å². The zero-order valence-electron chi connectivity index (χ0n) is 8.77. The number of hydrogen-bond acceptors (Lipinski definition) is 3. The van der Waals surface area contributed by atoms with E-state index in [1.165, 1.54) is 0 Å². The minimum atomic E-state index is -0.546. The first-order valence-corrected chi connectivity index (χ1v) is 5.33. The lowest BCUT2D eigenvalue weighted by Gasteiger charge is -2.11. The van der Waals surface area contributed by atoms with Crippen LogP contribution in [0.3, 0.4) is 0 Å². The van der Waals surface area contributed by atoms with E-state index in [0.29, 0.717) is 10.6 Å². The van der Waals surface area contributed by atoms with E-state index in [1.807, 2.05) is 0 Å². The van der Waals surface area contributed by atoms with E-state index in [4.69, 9.17) is 11.6 Å². The molecule has 88 valence electrons. The van der Waals surface area contributed by atoms with E-state index in [9.17, 15) is 14.4 Å². The van der Waals surface area contributed by atoms with Crippen molar-refractivity contribution in [3.05, 3.63) is 34.9 Å². The molecule has 0 unspecified atom stereocenters. The van der Waals surface area contributed by atoms with Crippen LogP contribution in [-0.4, -0.2) is 35.7 Å². The van der Waals surface area contributed by atoms with Gasteiger partial charge in [0.1, 0.15) is 0 Å². The predicted molar refractivity (Wildman–Crippen MR) is 60.9 cm³/mol. The average molecular weight is 253 g/mol. The molecule has 1 aliphatic heterocycles. The molecule has 3 amide bonds. The zero-order valence-corrected chi connectivity index (χ0v) is 9.53. The summed E-state index contributed by atoms with van der Waals surface area (Å²) in [6.45, 7) is -0.344. The van der Waals surface area contributed by atoms with Crippen molar-refractivity contribution in [2.24, 2.45) is 0 Å². The first kappa shape index (κ1) is 11.6. The third-order valence-corrected chi connectivity index (χ3v) is 2.74. The van der Waals surface area contributed by atoms with Gasteiger partial charge in [-0.15, -0.1) is 0 Å². The minimum Gasteiger partial charge on any atom is -0.329 e. The lowest BCUT2D eigenvalue weighted by molar-refractivity contribution is -0.124. The Labute approximate surface area is 102 Å². The summed E-state index contributed by atoms with van der Waals surface area (Å²) in [5, 5.41) is 2.65. The molecule has 6 heteroatoms. The van der Waals surface area contributed by atoms with Gasteiger partial charge in [-0.05, 0) is 12.1 Å². The van der Waals surface area contributed by atoms with Crippen molar-refractivity contribution in [1.29, 1.82) is 0 Å². The van der Waals surface area contributed by atoms with Crippen molar-refractivity contribution in [3.63, 3.8) is 0 Å². The van der Waals surface area contributed by atoms with Gasteiger partial charge in [0.2, 0.25) is 5.91 Å². The number of carbonyl (C=O) groups is 3. The van der Waals surface area contributed by atoms with Crippen LogP contribution in [0.25, 0.3) is 0 Å². The zero-order chi connectivity index (χ0) is 12.4. The maximum absolute atomic E-state index is 11.9. The van der Waals surface area contributed by atoms with Crippen LogP contribution in [0.15, 0.2) is 24.3 Å². The highest BCUT2D eigenvalue weighted by Gasteiger charge is 2.30. The maximum Gasteiger partial charge on any atom is 0.325 e. The van der Waals surface area contributed by atoms with Gasteiger partial charge in [0.15, 0.2) is 5.78 Å². The van der Waals surface area contributed by atoms with E-state index in [1.54, 1.807) is 24.3 Å². The van der Waals surface area contributed by atoms with Gasteiger partial charge in [-0.25, -0.2) is 4.79 Å². The number of carbonyl (C=O) groups excluding carboxylic acids is 3. The number of nitrogens with one attached hydrogen (secondary N) is 1. The highest BCUT2D eigenvalue weighted by Crippen LogP contribution is 2.16. The van der Waals surface area contributed by atoms with Gasteiger partial charge in [-0.1, -0.05) is 23.7 Å². The van der Waals surface area contributed by atoms with Crippen LogP contribution >= 0.6 is 11.6 Å². The van der Waals surface area contributed by atoms with Crippen molar-refractivity contribution < 1.29 is 14.4 Å². The summed E-state index contributed by atoms with van der Waals surface area (Å²) in [4.78, 5) is 35.3. The number of nitrogens with zero attached hydrogens (tertiary/aromatic N) is 1. The number of halogens is 1. The molecule has 1 aromatic rings. The summed E-state index contributed by atoms with van der Waals surface area (Å²) in [5.74, 6) is -0.767. The van der Waals surface area contributed by atoms with Crippen molar-refractivity contribution >= 4 is 29.3 Å². The van der Waals surface area contributed by atoms with E-state index < -0.39 is 11.9 Å². The highest BCUT2D eigenvalue weighted by atomic mass is 35.5. The van der Waals surface area contributed by atoms with Crippen molar-refractivity contribution in [2.75, 3.05) is 13.1 Å². The Morgan fingerprint density at radius 1 is 1.35 bits per heavy atom. The summed E-state index contributed by atoms with van der Waals surface area (Å²) < 4.78 is 0. The molecule has 1 heterocycles. The normalized spacial score (nSPS) is 15.0. The van der Waals surface area contributed by atoms with Gasteiger partial charge in [-0.3, -0.25) is 14.5 Å². The SMILES string of the molecule is O=C(CN1C(=O)CNC1=O)c1ccccc1Cl. The second-order valence-electron chi connectivity index (χ2n) is 3.54. The van der Waals surface area contributed by atoms with E-state index in [0.717, 1.165) is 4.90 Å². The lowest BCUT2D eigenvalue weighted by Crippen LogP contribution is -2.35. The van der Waals surface area contributed by atoms with Crippen LogP contribution < -0.4 is 5.32 Å². The van der Waals surface area contributed by atoms with E-state index in [-0.39, 0.29) is 18.9 Å². The Balaban J connectivity index is 2.15. The monoisotopic (exact) mass is 252 g/mol. The number of urea groups is 1.